The molecule has 88 valence electrons. The summed E-state index contributed by atoms with van der Waals surface area (Å²) in [5.41, 5.74) is 7.18. The van der Waals surface area contributed by atoms with Gasteiger partial charge in [-0.3, -0.25) is 4.79 Å². The summed E-state index contributed by atoms with van der Waals surface area (Å²) in [5.74, 6) is -0.146. The third kappa shape index (κ3) is 2.99. The Kier molecular flexibility index (Phi) is 3.66. The monoisotopic (exact) mass is 266 g/mol. The number of anilines is 1. The summed E-state index contributed by atoms with van der Waals surface area (Å²) >= 11 is 7.11. The third-order valence-electron chi connectivity index (χ3n) is 2.27. The van der Waals surface area contributed by atoms with Gasteiger partial charge in [0.05, 0.1) is 5.69 Å². The van der Waals surface area contributed by atoms with Gasteiger partial charge < -0.3 is 11.1 Å². The molecule has 17 heavy (non-hydrogen) atoms. The number of amides is 1. The maximum Gasteiger partial charge on any atom is 0.263 e. The second-order valence-corrected chi connectivity index (χ2v) is 4.87. The fourth-order valence-corrected chi connectivity index (χ4v) is 2.23. The quantitative estimate of drug-likeness (QED) is 0.897. The summed E-state index contributed by atoms with van der Waals surface area (Å²) in [5, 5.41) is 5.29. The van der Waals surface area contributed by atoms with Gasteiger partial charge in [-0.05, 0) is 29.1 Å². The van der Waals surface area contributed by atoms with Gasteiger partial charge in [0.2, 0.25) is 0 Å². The van der Waals surface area contributed by atoms with E-state index in [1.165, 1.54) is 11.3 Å². The van der Waals surface area contributed by atoms with Crippen LogP contribution in [0, 0.1) is 0 Å². The van der Waals surface area contributed by atoms with E-state index < -0.39 is 0 Å². The second kappa shape index (κ2) is 5.21. The van der Waals surface area contributed by atoms with Crippen molar-refractivity contribution in [2.75, 3.05) is 5.73 Å². The average molecular weight is 267 g/mol. The fraction of sp³-hybridized carbons (Fsp3) is 0.0833. The number of nitrogens with two attached hydrogens (primary N) is 1. The Labute approximate surface area is 108 Å². The minimum atomic E-state index is -0.146. The van der Waals surface area contributed by atoms with Crippen LogP contribution in [0.2, 0.25) is 5.02 Å². The van der Waals surface area contributed by atoms with Crippen molar-refractivity contribution >= 4 is 34.5 Å². The van der Waals surface area contributed by atoms with E-state index in [1.54, 1.807) is 23.6 Å². The Bertz CT molecular complexity index is 522. The predicted octanol–water partition coefficient (Wildman–Crippen LogP) is 2.91. The lowest BCUT2D eigenvalue weighted by Gasteiger charge is -2.04. The van der Waals surface area contributed by atoms with Crippen molar-refractivity contribution in [3.8, 4) is 0 Å². The van der Waals surface area contributed by atoms with E-state index in [4.69, 9.17) is 17.3 Å². The molecule has 0 saturated heterocycles. The number of rotatable bonds is 3. The zero-order chi connectivity index (χ0) is 12.3. The summed E-state index contributed by atoms with van der Waals surface area (Å²) in [7, 11) is 0. The zero-order valence-electron chi connectivity index (χ0n) is 8.94. The Morgan fingerprint density at radius 2 is 2.00 bits per heavy atom. The molecule has 1 amide bonds. The van der Waals surface area contributed by atoms with Crippen LogP contribution in [-0.4, -0.2) is 5.91 Å². The van der Waals surface area contributed by atoms with Gasteiger partial charge in [-0.25, -0.2) is 0 Å². The molecule has 3 N–H and O–H groups in total. The molecular formula is C12H11ClN2OS. The predicted molar refractivity (Wildman–Crippen MR) is 71.4 cm³/mol. The lowest BCUT2D eigenvalue weighted by atomic mass is 10.2. The number of benzene rings is 1. The van der Waals surface area contributed by atoms with Crippen molar-refractivity contribution < 1.29 is 4.79 Å². The molecule has 0 spiro atoms. The molecule has 0 aliphatic rings. The minimum Gasteiger partial charge on any atom is -0.397 e. The molecule has 2 aromatic rings. The molecule has 1 aromatic carbocycles. The Morgan fingerprint density at radius 3 is 2.59 bits per heavy atom. The normalized spacial score (nSPS) is 10.2. The van der Waals surface area contributed by atoms with Crippen LogP contribution in [0.25, 0.3) is 0 Å². The minimum absolute atomic E-state index is 0.146. The molecule has 2 rings (SSSR count). The lowest BCUT2D eigenvalue weighted by molar-refractivity contribution is 0.0956. The van der Waals surface area contributed by atoms with Crippen molar-refractivity contribution in [3.63, 3.8) is 0 Å². The van der Waals surface area contributed by atoms with Crippen LogP contribution in [0.4, 0.5) is 5.69 Å². The van der Waals surface area contributed by atoms with Crippen molar-refractivity contribution in [3.05, 3.63) is 51.2 Å². The first-order chi connectivity index (χ1) is 8.16. The molecule has 3 nitrogen and oxygen atoms in total. The summed E-state index contributed by atoms with van der Waals surface area (Å²) in [6.07, 6.45) is 0. The molecule has 0 unspecified atom stereocenters. The Morgan fingerprint density at radius 1 is 1.29 bits per heavy atom. The topological polar surface area (TPSA) is 55.1 Å². The summed E-state index contributed by atoms with van der Waals surface area (Å²) in [6.45, 7) is 0.466. The molecule has 0 radical (unpaired) electrons. The van der Waals surface area contributed by atoms with Gasteiger partial charge in [-0.1, -0.05) is 23.7 Å². The highest BCUT2D eigenvalue weighted by Crippen LogP contribution is 2.18. The van der Waals surface area contributed by atoms with Crippen molar-refractivity contribution in [2.24, 2.45) is 0 Å². The first-order valence-corrected chi connectivity index (χ1v) is 6.28. The first kappa shape index (κ1) is 12.0. The van der Waals surface area contributed by atoms with Gasteiger partial charge in [-0.15, -0.1) is 11.3 Å². The molecule has 0 fully saturated rings. The highest BCUT2D eigenvalue weighted by molar-refractivity contribution is 7.12. The Balaban J connectivity index is 1.97. The number of nitrogen functional groups attached to an aromatic ring is 1. The van der Waals surface area contributed by atoms with E-state index >= 15 is 0 Å². The molecule has 1 heterocycles. The van der Waals surface area contributed by atoms with E-state index in [9.17, 15) is 4.79 Å². The van der Waals surface area contributed by atoms with Crippen LogP contribution >= 0.6 is 22.9 Å². The smallest absolute Gasteiger partial charge is 0.263 e. The molecule has 1 aromatic heterocycles. The van der Waals surface area contributed by atoms with E-state index in [2.05, 4.69) is 5.32 Å². The van der Waals surface area contributed by atoms with Crippen molar-refractivity contribution in [1.29, 1.82) is 0 Å². The lowest BCUT2D eigenvalue weighted by Crippen LogP contribution is -2.22. The van der Waals surface area contributed by atoms with Gasteiger partial charge in [0, 0.05) is 11.6 Å². The number of carbonyl (C=O) groups excluding carboxylic acids is 1. The number of thiophene rings is 1. The number of carbonyl (C=O) groups is 1. The largest absolute Gasteiger partial charge is 0.397 e. The van der Waals surface area contributed by atoms with E-state index in [0.717, 1.165) is 5.56 Å². The van der Waals surface area contributed by atoms with Crippen LogP contribution in [-0.2, 0) is 6.54 Å². The molecule has 5 heteroatoms. The average Bonchev–Trinajstić information content (AvgIpc) is 2.74. The standard InChI is InChI=1S/C12H11ClN2OS/c13-9-3-1-8(2-4-9)7-15-12(16)11-10(14)5-6-17-11/h1-6H,7,14H2,(H,15,16). The molecule has 0 aliphatic carbocycles. The van der Waals surface area contributed by atoms with Crippen molar-refractivity contribution in [2.45, 2.75) is 6.54 Å². The maximum atomic E-state index is 11.8. The number of nitrogens with one attached hydrogen (secondary N) is 1. The van der Waals surface area contributed by atoms with E-state index in [1.807, 2.05) is 12.1 Å². The first-order valence-electron chi connectivity index (χ1n) is 5.02. The van der Waals surface area contributed by atoms with Crippen LogP contribution in [0.5, 0.6) is 0 Å². The summed E-state index contributed by atoms with van der Waals surface area (Å²) < 4.78 is 0. The number of hydrogen-bond acceptors (Lipinski definition) is 3. The van der Waals surface area contributed by atoms with Gasteiger partial charge in [0.25, 0.3) is 5.91 Å². The highest BCUT2D eigenvalue weighted by atomic mass is 35.5. The maximum absolute atomic E-state index is 11.8. The molecular weight excluding hydrogens is 256 g/mol. The summed E-state index contributed by atoms with van der Waals surface area (Å²) in [4.78, 5) is 12.3. The highest BCUT2D eigenvalue weighted by Gasteiger charge is 2.10. The molecule has 0 saturated carbocycles. The van der Waals surface area contributed by atoms with E-state index in [0.29, 0.717) is 22.1 Å². The van der Waals surface area contributed by atoms with Gasteiger partial charge >= 0.3 is 0 Å². The fourth-order valence-electron chi connectivity index (χ4n) is 1.37. The van der Waals surface area contributed by atoms with Gasteiger partial charge in [-0.2, -0.15) is 0 Å². The summed E-state index contributed by atoms with van der Waals surface area (Å²) in [6, 6.07) is 9.06. The number of halogens is 1. The second-order valence-electron chi connectivity index (χ2n) is 3.51. The van der Waals surface area contributed by atoms with Crippen LogP contribution in [0.15, 0.2) is 35.7 Å². The molecule has 0 aliphatic heterocycles. The van der Waals surface area contributed by atoms with Crippen LogP contribution < -0.4 is 11.1 Å². The SMILES string of the molecule is Nc1ccsc1C(=O)NCc1ccc(Cl)cc1. The van der Waals surface area contributed by atoms with Crippen molar-refractivity contribution in [1.82, 2.24) is 5.32 Å². The van der Waals surface area contributed by atoms with Gasteiger partial charge in [0.1, 0.15) is 4.88 Å². The van der Waals surface area contributed by atoms with E-state index in [-0.39, 0.29) is 5.91 Å². The molecule has 0 bridgehead atoms. The zero-order valence-corrected chi connectivity index (χ0v) is 10.5. The third-order valence-corrected chi connectivity index (χ3v) is 3.45. The van der Waals surface area contributed by atoms with Gasteiger partial charge in [0.15, 0.2) is 0 Å². The Hall–Kier alpha value is -1.52. The van der Waals surface area contributed by atoms with Crippen LogP contribution in [0.3, 0.4) is 0 Å². The number of hydrogen-bond donors (Lipinski definition) is 2. The van der Waals surface area contributed by atoms with Crippen LogP contribution in [0.1, 0.15) is 15.2 Å². The molecule has 0 atom stereocenters.